The smallest absolute Gasteiger partial charge is 0.373 e. The Balaban J connectivity index is 2.18. The lowest BCUT2D eigenvalue weighted by molar-refractivity contribution is -0.137. The summed E-state index contributed by atoms with van der Waals surface area (Å²) in [6.45, 7) is 6.07. The molecule has 7 heteroatoms. The van der Waals surface area contributed by atoms with Crippen molar-refractivity contribution in [2.45, 2.75) is 19.0 Å². The summed E-state index contributed by atoms with van der Waals surface area (Å²) in [7, 11) is 5.67. The van der Waals surface area contributed by atoms with Gasteiger partial charge in [-0.2, -0.15) is 13.2 Å². The molecule has 2 rings (SSSR count). The highest BCUT2D eigenvalue weighted by Gasteiger charge is 2.32. The van der Waals surface area contributed by atoms with Crippen molar-refractivity contribution in [1.29, 1.82) is 0 Å². The molecule has 0 N–H and O–H groups in total. The van der Waals surface area contributed by atoms with Crippen LogP contribution in [0.1, 0.15) is 17.5 Å². The SMILES string of the molecule is C=CC(=O)N1CC[C@H](Cc2cc(N(C)CCN(C)C)cc(C(F)(F)F)c2)C1. The standard InChI is InChI=1S/C20H28F3N3O/c1-5-19(27)26-7-6-15(14-26)10-16-11-17(20(21,22)23)13-18(12-16)25(4)9-8-24(2)3/h5,11-13,15H,1,6-10,14H2,2-4H3/t15-/m1/s1. The van der Waals surface area contributed by atoms with Gasteiger partial charge in [0.2, 0.25) is 5.91 Å². The summed E-state index contributed by atoms with van der Waals surface area (Å²) in [6.07, 6.45) is -1.78. The number of nitrogens with zero attached hydrogens (tertiary/aromatic N) is 3. The Hall–Kier alpha value is -2.02. The minimum atomic E-state index is -4.38. The van der Waals surface area contributed by atoms with Gasteiger partial charge in [-0.15, -0.1) is 0 Å². The molecule has 1 aliphatic heterocycles. The first-order valence-corrected chi connectivity index (χ1v) is 9.08. The maximum Gasteiger partial charge on any atom is 0.416 e. The zero-order valence-electron chi connectivity index (χ0n) is 16.2. The first-order chi connectivity index (χ1) is 12.6. The van der Waals surface area contributed by atoms with Crippen LogP contribution < -0.4 is 4.90 Å². The Morgan fingerprint density at radius 3 is 2.56 bits per heavy atom. The molecule has 0 aliphatic carbocycles. The van der Waals surface area contributed by atoms with E-state index >= 15 is 0 Å². The molecule has 0 bridgehead atoms. The van der Waals surface area contributed by atoms with E-state index in [0.29, 0.717) is 37.3 Å². The molecule has 0 aromatic heterocycles. The highest BCUT2D eigenvalue weighted by molar-refractivity contribution is 5.87. The van der Waals surface area contributed by atoms with Gasteiger partial charge in [0.05, 0.1) is 5.56 Å². The topological polar surface area (TPSA) is 26.8 Å². The molecule has 0 spiro atoms. The fraction of sp³-hybridized carbons (Fsp3) is 0.550. The van der Waals surface area contributed by atoms with Gasteiger partial charge in [0.25, 0.3) is 0 Å². The van der Waals surface area contributed by atoms with Crippen molar-refractivity contribution in [2.24, 2.45) is 5.92 Å². The lowest BCUT2D eigenvalue weighted by atomic mass is 9.96. The van der Waals surface area contributed by atoms with E-state index < -0.39 is 11.7 Å². The zero-order chi connectivity index (χ0) is 20.2. The van der Waals surface area contributed by atoms with Crippen molar-refractivity contribution >= 4 is 11.6 Å². The van der Waals surface area contributed by atoms with Crippen LogP contribution in [0.2, 0.25) is 0 Å². The molecular weight excluding hydrogens is 355 g/mol. The first kappa shape index (κ1) is 21.3. The average Bonchev–Trinajstić information content (AvgIpc) is 3.06. The number of likely N-dealkylation sites (N-methyl/N-ethyl adjacent to an activating group) is 2. The van der Waals surface area contributed by atoms with Crippen LogP contribution in [0.15, 0.2) is 30.9 Å². The van der Waals surface area contributed by atoms with Gasteiger partial charge in [-0.3, -0.25) is 4.79 Å². The fourth-order valence-corrected chi connectivity index (χ4v) is 3.32. The number of anilines is 1. The summed E-state index contributed by atoms with van der Waals surface area (Å²) in [5.74, 6) is 0.0444. The third-order valence-electron chi connectivity index (χ3n) is 4.92. The van der Waals surface area contributed by atoms with Crippen LogP contribution in [0.3, 0.4) is 0 Å². The molecule has 1 heterocycles. The van der Waals surface area contributed by atoms with Crippen LogP contribution >= 0.6 is 0 Å². The number of benzene rings is 1. The molecule has 1 aromatic carbocycles. The first-order valence-electron chi connectivity index (χ1n) is 9.08. The summed E-state index contributed by atoms with van der Waals surface area (Å²) in [5, 5.41) is 0. The number of likely N-dealkylation sites (tertiary alicyclic amines) is 1. The normalized spacial score (nSPS) is 17.4. The minimum Gasteiger partial charge on any atom is -0.373 e. The number of rotatable bonds is 7. The predicted octanol–water partition coefficient (Wildman–Crippen LogP) is 3.28. The molecule has 1 fully saturated rings. The van der Waals surface area contributed by atoms with Crippen LogP contribution in [-0.4, -0.2) is 63.0 Å². The monoisotopic (exact) mass is 383 g/mol. The van der Waals surface area contributed by atoms with Crippen molar-refractivity contribution in [3.8, 4) is 0 Å². The maximum atomic E-state index is 13.4. The van der Waals surface area contributed by atoms with Gasteiger partial charge in [0, 0.05) is 38.9 Å². The molecule has 0 unspecified atom stereocenters. The van der Waals surface area contributed by atoms with Crippen molar-refractivity contribution in [3.63, 3.8) is 0 Å². The van der Waals surface area contributed by atoms with Gasteiger partial charge in [-0.1, -0.05) is 6.58 Å². The quantitative estimate of drug-likeness (QED) is 0.676. The average molecular weight is 383 g/mol. The molecule has 1 amide bonds. The number of carbonyl (C=O) groups excluding carboxylic acids is 1. The molecule has 1 aliphatic rings. The number of carbonyl (C=O) groups is 1. The Morgan fingerprint density at radius 2 is 1.96 bits per heavy atom. The number of alkyl halides is 3. The second-order valence-electron chi connectivity index (χ2n) is 7.46. The maximum absolute atomic E-state index is 13.4. The third-order valence-corrected chi connectivity index (χ3v) is 4.92. The lowest BCUT2D eigenvalue weighted by Crippen LogP contribution is -2.29. The fourth-order valence-electron chi connectivity index (χ4n) is 3.32. The molecule has 0 radical (unpaired) electrons. The van der Waals surface area contributed by atoms with Gasteiger partial charge in [0.1, 0.15) is 0 Å². The Bertz CT molecular complexity index is 673. The van der Waals surface area contributed by atoms with Crippen molar-refractivity contribution in [3.05, 3.63) is 42.0 Å². The molecule has 27 heavy (non-hydrogen) atoms. The van der Waals surface area contributed by atoms with E-state index in [0.717, 1.165) is 13.0 Å². The van der Waals surface area contributed by atoms with Crippen LogP contribution in [0.4, 0.5) is 18.9 Å². The molecule has 4 nitrogen and oxygen atoms in total. The van der Waals surface area contributed by atoms with Gasteiger partial charge in [0.15, 0.2) is 0 Å². The molecule has 1 atom stereocenters. The van der Waals surface area contributed by atoms with Gasteiger partial charge in [-0.05, 0) is 62.7 Å². The number of halogens is 3. The molecular formula is C20H28F3N3O. The van der Waals surface area contributed by atoms with E-state index in [-0.39, 0.29) is 11.8 Å². The van der Waals surface area contributed by atoms with Crippen molar-refractivity contribution in [1.82, 2.24) is 9.80 Å². The van der Waals surface area contributed by atoms with E-state index in [1.807, 2.05) is 37.0 Å². The second-order valence-corrected chi connectivity index (χ2v) is 7.46. The van der Waals surface area contributed by atoms with E-state index in [4.69, 9.17) is 0 Å². The Morgan fingerprint density at radius 1 is 1.26 bits per heavy atom. The van der Waals surface area contributed by atoms with E-state index in [2.05, 4.69) is 6.58 Å². The van der Waals surface area contributed by atoms with Crippen molar-refractivity contribution < 1.29 is 18.0 Å². The Labute approximate surface area is 159 Å². The highest BCUT2D eigenvalue weighted by atomic mass is 19.4. The largest absolute Gasteiger partial charge is 0.416 e. The summed E-state index contributed by atoms with van der Waals surface area (Å²) in [5.41, 5.74) is 0.608. The molecule has 150 valence electrons. The van der Waals surface area contributed by atoms with Crippen molar-refractivity contribution in [2.75, 3.05) is 52.2 Å². The number of hydrogen-bond acceptors (Lipinski definition) is 3. The van der Waals surface area contributed by atoms with Crippen LogP contribution in [-0.2, 0) is 17.4 Å². The Kier molecular flexibility index (Phi) is 6.92. The van der Waals surface area contributed by atoms with Gasteiger partial charge < -0.3 is 14.7 Å². The lowest BCUT2D eigenvalue weighted by Gasteiger charge is -2.24. The van der Waals surface area contributed by atoms with Crippen LogP contribution in [0.25, 0.3) is 0 Å². The van der Waals surface area contributed by atoms with Gasteiger partial charge >= 0.3 is 6.18 Å². The second kappa shape index (κ2) is 8.78. The van der Waals surface area contributed by atoms with Gasteiger partial charge in [-0.25, -0.2) is 0 Å². The minimum absolute atomic E-state index is 0.120. The molecule has 0 saturated carbocycles. The molecule has 1 saturated heterocycles. The summed E-state index contributed by atoms with van der Waals surface area (Å²) in [6, 6.07) is 4.28. The van der Waals surface area contributed by atoms with E-state index in [1.165, 1.54) is 18.2 Å². The predicted molar refractivity (Wildman–Crippen MR) is 102 cm³/mol. The zero-order valence-corrected chi connectivity index (χ0v) is 16.2. The third kappa shape index (κ3) is 5.99. The van der Waals surface area contributed by atoms with E-state index in [9.17, 15) is 18.0 Å². The summed E-state index contributed by atoms with van der Waals surface area (Å²) in [4.78, 5) is 17.3. The number of hydrogen-bond donors (Lipinski definition) is 0. The number of amides is 1. The summed E-state index contributed by atoms with van der Waals surface area (Å²) >= 11 is 0. The van der Waals surface area contributed by atoms with Crippen LogP contribution in [0.5, 0.6) is 0 Å². The van der Waals surface area contributed by atoms with E-state index in [1.54, 1.807) is 4.90 Å². The summed E-state index contributed by atoms with van der Waals surface area (Å²) < 4.78 is 40.1. The highest BCUT2D eigenvalue weighted by Crippen LogP contribution is 2.34. The van der Waals surface area contributed by atoms with Crippen LogP contribution in [0, 0.1) is 5.92 Å². The molecule has 1 aromatic rings.